The van der Waals surface area contributed by atoms with Gasteiger partial charge in [-0.2, -0.15) is 0 Å². The SMILES string of the molecule is COc1cc(C2=CCNCC2)ccc1[N+](=O)[O-].Cl. The molecule has 1 N–H and O–H groups in total. The Labute approximate surface area is 111 Å². The molecule has 0 saturated heterocycles. The topological polar surface area (TPSA) is 64.4 Å². The van der Waals surface area contributed by atoms with Crippen LogP contribution in [0.1, 0.15) is 12.0 Å². The fourth-order valence-electron chi connectivity index (χ4n) is 1.91. The van der Waals surface area contributed by atoms with Gasteiger partial charge in [-0.25, -0.2) is 0 Å². The molecular formula is C12H15ClN2O3. The van der Waals surface area contributed by atoms with Crippen molar-refractivity contribution in [1.82, 2.24) is 5.32 Å². The quantitative estimate of drug-likeness (QED) is 0.677. The van der Waals surface area contributed by atoms with Crippen LogP contribution in [-0.4, -0.2) is 25.1 Å². The van der Waals surface area contributed by atoms with Crippen LogP contribution < -0.4 is 10.1 Å². The molecule has 0 radical (unpaired) electrons. The van der Waals surface area contributed by atoms with Crippen LogP contribution in [0.4, 0.5) is 5.69 Å². The summed E-state index contributed by atoms with van der Waals surface area (Å²) < 4.78 is 5.05. The molecule has 98 valence electrons. The van der Waals surface area contributed by atoms with Crippen LogP contribution in [0.2, 0.25) is 0 Å². The molecule has 1 aliphatic heterocycles. The molecule has 0 amide bonds. The zero-order valence-corrected chi connectivity index (χ0v) is 10.8. The maximum Gasteiger partial charge on any atom is 0.310 e. The van der Waals surface area contributed by atoms with Gasteiger partial charge in [-0.3, -0.25) is 10.1 Å². The summed E-state index contributed by atoms with van der Waals surface area (Å²) >= 11 is 0. The van der Waals surface area contributed by atoms with E-state index in [0.717, 1.165) is 25.1 Å². The summed E-state index contributed by atoms with van der Waals surface area (Å²) in [6.07, 6.45) is 3.03. The van der Waals surface area contributed by atoms with Gasteiger partial charge >= 0.3 is 5.69 Å². The van der Waals surface area contributed by atoms with E-state index in [-0.39, 0.29) is 18.1 Å². The molecule has 6 heteroatoms. The lowest BCUT2D eigenvalue weighted by molar-refractivity contribution is -0.385. The van der Waals surface area contributed by atoms with Gasteiger partial charge in [-0.1, -0.05) is 6.08 Å². The van der Waals surface area contributed by atoms with Crippen molar-refractivity contribution < 1.29 is 9.66 Å². The molecule has 0 unspecified atom stereocenters. The number of benzene rings is 1. The van der Waals surface area contributed by atoms with Crippen LogP contribution in [0, 0.1) is 10.1 Å². The Balaban J connectivity index is 0.00000162. The van der Waals surface area contributed by atoms with E-state index >= 15 is 0 Å². The smallest absolute Gasteiger partial charge is 0.310 e. The number of nitrogens with one attached hydrogen (secondary N) is 1. The number of rotatable bonds is 3. The molecule has 18 heavy (non-hydrogen) atoms. The minimum atomic E-state index is -0.431. The maximum atomic E-state index is 10.8. The maximum absolute atomic E-state index is 10.8. The van der Waals surface area contributed by atoms with Crippen LogP contribution in [0.25, 0.3) is 5.57 Å². The summed E-state index contributed by atoms with van der Waals surface area (Å²) in [4.78, 5) is 10.3. The van der Waals surface area contributed by atoms with Crippen molar-refractivity contribution in [2.45, 2.75) is 6.42 Å². The van der Waals surface area contributed by atoms with Crippen molar-refractivity contribution in [3.8, 4) is 5.75 Å². The van der Waals surface area contributed by atoms with Crippen LogP contribution in [0.5, 0.6) is 5.75 Å². The molecule has 1 aliphatic rings. The van der Waals surface area contributed by atoms with E-state index in [1.54, 1.807) is 12.1 Å². The van der Waals surface area contributed by atoms with E-state index < -0.39 is 4.92 Å². The standard InChI is InChI=1S/C12H14N2O3.ClH/c1-17-12-8-10(2-3-11(12)14(15)16)9-4-6-13-7-5-9;/h2-4,8,13H,5-7H2,1H3;1H. The molecule has 0 aromatic heterocycles. The second-order valence-electron chi connectivity index (χ2n) is 3.83. The highest BCUT2D eigenvalue weighted by Crippen LogP contribution is 2.31. The lowest BCUT2D eigenvalue weighted by atomic mass is 10.00. The Morgan fingerprint density at radius 3 is 2.78 bits per heavy atom. The van der Waals surface area contributed by atoms with E-state index in [2.05, 4.69) is 11.4 Å². The van der Waals surface area contributed by atoms with Gasteiger partial charge in [-0.15, -0.1) is 12.4 Å². The molecule has 0 saturated carbocycles. The van der Waals surface area contributed by atoms with Crippen LogP contribution in [0.3, 0.4) is 0 Å². The molecule has 0 aliphatic carbocycles. The van der Waals surface area contributed by atoms with Gasteiger partial charge in [0.1, 0.15) is 0 Å². The first-order chi connectivity index (χ1) is 8.22. The third-order valence-electron chi connectivity index (χ3n) is 2.81. The molecule has 0 atom stereocenters. The van der Waals surface area contributed by atoms with Gasteiger partial charge < -0.3 is 10.1 Å². The lowest BCUT2D eigenvalue weighted by Crippen LogP contribution is -2.20. The third-order valence-corrected chi connectivity index (χ3v) is 2.81. The van der Waals surface area contributed by atoms with Crippen molar-refractivity contribution in [2.75, 3.05) is 20.2 Å². The molecule has 0 bridgehead atoms. The molecule has 1 aromatic rings. The van der Waals surface area contributed by atoms with E-state index in [0.29, 0.717) is 5.75 Å². The number of halogens is 1. The summed E-state index contributed by atoms with van der Waals surface area (Å²) in [5.74, 6) is 0.312. The summed E-state index contributed by atoms with van der Waals surface area (Å²) in [6.45, 7) is 1.78. The number of hydrogen-bond acceptors (Lipinski definition) is 4. The normalized spacial score (nSPS) is 14.4. The summed E-state index contributed by atoms with van der Waals surface area (Å²) in [5.41, 5.74) is 2.21. The van der Waals surface area contributed by atoms with Crippen molar-refractivity contribution in [3.05, 3.63) is 40.0 Å². The van der Waals surface area contributed by atoms with Gasteiger partial charge in [0, 0.05) is 12.6 Å². The molecule has 1 heterocycles. The Hall–Kier alpha value is -1.59. The Kier molecular flexibility index (Phi) is 5.12. The number of methoxy groups -OCH3 is 1. The molecule has 2 rings (SSSR count). The van der Waals surface area contributed by atoms with E-state index in [4.69, 9.17) is 4.74 Å². The lowest BCUT2D eigenvalue weighted by Gasteiger charge is -2.14. The second kappa shape index (κ2) is 6.37. The number of nitro benzene ring substituents is 1. The molecule has 1 aromatic carbocycles. The van der Waals surface area contributed by atoms with Gasteiger partial charge in [0.25, 0.3) is 0 Å². The highest BCUT2D eigenvalue weighted by Gasteiger charge is 2.16. The Bertz CT molecular complexity index is 474. The number of hydrogen-bond donors (Lipinski definition) is 1. The average Bonchev–Trinajstić information content (AvgIpc) is 2.39. The number of ether oxygens (including phenoxy) is 1. The van der Waals surface area contributed by atoms with Crippen LogP contribution in [0.15, 0.2) is 24.3 Å². The highest BCUT2D eigenvalue weighted by atomic mass is 35.5. The van der Waals surface area contributed by atoms with Gasteiger partial charge in [0.05, 0.1) is 12.0 Å². The van der Waals surface area contributed by atoms with Crippen molar-refractivity contribution in [3.63, 3.8) is 0 Å². The van der Waals surface area contributed by atoms with Crippen molar-refractivity contribution >= 4 is 23.7 Å². The Morgan fingerprint density at radius 1 is 1.44 bits per heavy atom. The first-order valence-electron chi connectivity index (χ1n) is 5.45. The third kappa shape index (κ3) is 3.00. The summed E-state index contributed by atoms with van der Waals surface area (Å²) in [7, 11) is 1.45. The van der Waals surface area contributed by atoms with E-state index in [9.17, 15) is 10.1 Å². The summed E-state index contributed by atoms with van der Waals surface area (Å²) in [5, 5.41) is 14.0. The highest BCUT2D eigenvalue weighted by molar-refractivity contribution is 5.85. The van der Waals surface area contributed by atoms with Gasteiger partial charge in [-0.05, 0) is 36.2 Å². The zero-order valence-electron chi connectivity index (χ0n) is 10.0. The molecular weight excluding hydrogens is 256 g/mol. The molecule has 0 spiro atoms. The van der Waals surface area contributed by atoms with Gasteiger partial charge in [0.15, 0.2) is 5.75 Å². The molecule has 5 nitrogen and oxygen atoms in total. The second-order valence-corrected chi connectivity index (χ2v) is 3.83. The largest absolute Gasteiger partial charge is 0.490 e. The minimum absolute atomic E-state index is 0. The van der Waals surface area contributed by atoms with Crippen LogP contribution in [-0.2, 0) is 0 Å². The predicted octanol–water partition coefficient (Wildman–Crippen LogP) is 2.40. The first kappa shape index (κ1) is 14.5. The Morgan fingerprint density at radius 2 is 2.22 bits per heavy atom. The molecule has 0 fully saturated rings. The van der Waals surface area contributed by atoms with Crippen molar-refractivity contribution in [2.24, 2.45) is 0 Å². The average molecular weight is 271 g/mol. The van der Waals surface area contributed by atoms with Gasteiger partial charge in [0.2, 0.25) is 0 Å². The summed E-state index contributed by atoms with van der Waals surface area (Å²) in [6, 6.07) is 5.00. The number of nitrogens with zero attached hydrogens (tertiary/aromatic N) is 1. The predicted molar refractivity (Wildman–Crippen MR) is 72.4 cm³/mol. The number of nitro groups is 1. The fraction of sp³-hybridized carbons (Fsp3) is 0.333. The first-order valence-corrected chi connectivity index (χ1v) is 5.45. The van der Waals surface area contributed by atoms with Crippen molar-refractivity contribution in [1.29, 1.82) is 0 Å². The monoisotopic (exact) mass is 270 g/mol. The van der Waals surface area contributed by atoms with E-state index in [1.807, 2.05) is 0 Å². The fourth-order valence-corrected chi connectivity index (χ4v) is 1.91. The zero-order chi connectivity index (χ0) is 12.3. The van der Waals surface area contributed by atoms with Crippen LogP contribution >= 0.6 is 12.4 Å². The van der Waals surface area contributed by atoms with E-state index in [1.165, 1.54) is 18.7 Å². The minimum Gasteiger partial charge on any atom is -0.490 e.